The molecule has 0 saturated heterocycles. The largest absolute Gasteiger partial charge is 0.493 e. The van der Waals surface area contributed by atoms with E-state index in [0.29, 0.717) is 10.7 Å². The molecule has 0 aliphatic carbocycles. The first-order valence-corrected chi connectivity index (χ1v) is 5.89. The number of ketones is 1. The summed E-state index contributed by atoms with van der Waals surface area (Å²) in [4.78, 5) is 12.3. The fraction of sp³-hybridized carbons (Fsp3) is 0.167. The van der Waals surface area contributed by atoms with Crippen LogP contribution in [0.1, 0.15) is 21.6 Å². The molecule has 1 N–H and O–H groups in total. The second-order valence-corrected chi connectivity index (χ2v) is 4.70. The first-order valence-electron chi connectivity index (χ1n) is 5.14. The predicted molar refractivity (Wildman–Crippen MR) is 69.5 cm³/mol. The summed E-state index contributed by atoms with van der Waals surface area (Å²) >= 11 is 11.7. The smallest absolute Gasteiger partial charge is 0.220 e. The molecule has 1 aromatic heterocycles. The number of benzene rings is 1. The number of nitrogens with zero attached hydrogens (tertiary/aromatic N) is 2. The second-order valence-electron chi connectivity index (χ2n) is 3.86. The first-order chi connectivity index (χ1) is 8.41. The summed E-state index contributed by atoms with van der Waals surface area (Å²) in [5.74, 6) is -0.553. The molecule has 0 bridgehead atoms. The van der Waals surface area contributed by atoms with Gasteiger partial charge in [0.05, 0.1) is 10.7 Å². The number of aromatic nitrogens is 2. The van der Waals surface area contributed by atoms with Crippen molar-refractivity contribution in [3.8, 4) is 5.88 Å². The maximum atomic E-state index is 12.3. The number of carbonyl (C=O) groups is 1. The van der Waals surface area contributed by atoms with Gasteiger partial charge in [0.15, 0.2) is 0 Å². The Morgan fingerprint density at radius 3 is 2.47 bits per heavy atom. The van der Waals surface area contributed by atoms with Crippen molar-refractivity contribution in [1.29, 1.82) is 0 Å². The van der Waals surface area contributed by atoms with E-state index in [-0.39, 0.29) is 44.9 Å². The summed E-state index contributed by atoms with van der Waals surface area (Å²) in [7, 11) is 1.56. The summed E-state index contributed by atoms with van der Waals surface area (Å²) in [6, 6.07) is 4.58. The number of hydrogen-bond donors (Lipinski definition) is 1. The van der Waals surface area contributed by atoms with Gasteiger partial charge in [0, 0.05) is 34.7 Å². The molecule has 0 fully saturated rings. The average molecular weight is 341 g/mol. The van der Waals surface area contributed by atoms with Crippen molar-refractivity contribution in [3.05, 3.63) is 45.1 Å². The minimum absolute atomic E-state index is 0. The van der Waals surface area contributed by atoms with E-state index in [1.807, 2.05) is 0 Å². The second kappa shape index (κ2) is 5.97. The van der Waals surface area contributed by atoms with Crippen LogP contribution in [0, 0.1) is 6.92 Å². The van der Waals surface area contributed by atoms with Gasteiger partial charge in [-0.2, -0.15) is 5.10 Å². The summed E-state index contributed by atoms with van der Waals surface area (Å²) < 4.78 is 1.24. The van der Waals surface area contributed by atoms with Crippen LogP contribution < -0.4 is 0 Å². The molecule has 4 nitrogen and oxygen atoms in total. The van der Waals surface area contributed by atoms with Gasteiger partial charge in [-0.25, -0.2) is 4.68 Å². The van der Waals surface area contributed by atoms with Crippen LogP contribution in [0.5, 0.6) is 5.88 Å². The van der Waals surface area contributed by atoms with Crippen molar-refractivity contribution in [2.75, 3.05) is 0 Å². The van der Waals surface area contributed by atoms with Crippen LogP contribution in [0.2, 0.25) is 10.0 Å². The molecule has 0 saturated carbocycles. The van der Waals surface area contributed by atoms with Crippen LogP contribution in [-0.2, 0) is 24.1 Å². The number of aromatic hydroxyl groups is 1. The predicted octanol–water partition coefficient (Wildman–Crippen LogP) is 2.97. The standard InChI is InChI=1S/C12H10Cl2N2O2.Fe/c1-6-10(12(18)16(2)15-6)11(17)8-4-3-7(13)5-9(8)14;/h3-5,18H,1-2H3;. The molecule has 0 aliphatic rings. The fourth-order valence-electron chi connectivity index (χ4n) is 1.72. The first kappa shape index (κ1) is 16.1. The molecule has 0 aliphatic heterocycles. The quantitative estimate of drug-likeness (QED) is 0.675. The van der Waals surface area contributed by atoms with Crippen LogP contribution in [-0.4, -0.2) is 20.7 Å². The van der Waals surface area contributed by atoms with Gasteiger partial charge in [0.25, 0.3) is 0 Å². The minimum Gasteiger partial charge on any atom is -0.493 e. The van der Waals surface area contributed by atoms with E-state index in [2.05, 4.69) is 5.10 Å². The van der Waals surface area contributed by atoms with Gasteiger partial charge in [0.1, 0.15) is 5.56 Å². The van der Waals surface area contributed by atoms with Crippen molar-refractivity contribution in [1.82, 2.24) is 9.78 Å². The van der Waals surface area contributed by atoms with Crippen molar-refractivity contribution >= 4 is 29.0 Å². The maximum absolute atomic E-state index is 12.3. The molecule has 2 rings (SSSR count). The molecule has 0 unspecified atom stereocenters. The Balaban J connectivity index is 0.00000180. The molecule has 1 aromatic carbocycles. The Morgan fingerprint density at radius 2 is 2.00 bits per heavy atom. The van der Waals surface area contributed by atoms with E-state index in [0.717, 1.165) is 0 Å². The zero-order valence-corrected chi connectivity index (χ0v) is 12.7. The molecule has 2 aromatic rings. The Bertz CT molecular complexity index is 641. The molecular formula is C12H10Cl2FeN2O2. The van der Waals surface area contributed by atoms with Crippen molar-refractivity contribution in [2.24, 2.45) is 7.05 Å². The topological polar surface area (TPSA) is 55.1 Å². The SMILES string of the molecule is Cc1nn(C)c(O)c1C(=O)c1ccc(Cl)cc1Cl.[Fe]. The normalized spacial score (nSPS) is 10.1. The molecule has 0 atom stereocenters. The van der Waals surface area contributed by atoms with Crippen molar-refractivity contribution in [3.63, 3.8) is 0 Å². The molecule has 19 heavy (non-hydrogen) atoms. The van der Waals surface area contributed by atoms with E-state index >= 15 is 0 Å². The van der Waals surface area contributed by atoms with Gasteiger partial charge in [-0.05, 0) is 25.1 Å². The van der Waals surface area contributed by atoms with Crippen LogP contribution in [0.25, 0.3) is 0 Å². The molecule has 102 valence electrons. The zero-order chi connectivity index (χ0) is 13.4. The third kappa shape index (κ3) is 2.95. The van der Waals surface area contributed by atoms with E-state index in [1.165, 1.54) is 16.8 Å². The minimum atomic E-state index is -0.375. The van der Waals surface area contributed by atoms with Gasteiger partial charge in [0.2, 0.25) is 11.7 Å². The van der Waals surface area contributed by atoms with E-state index in [4.69, 9.17) is 23.2 Å². The van der Waals surface area contributed by atoms with Gasteiger partial charge in [-0.3, -0.25) is 4.79 Å². The number of carbonyl (C=O) groups excluding carboxylic acids is 1. The Hall–Kier alpha value is -1.00. The van der Waals surface area contributed by atoms with Crippen molar-refractivity contribution in [2.45, 2.75) is 6.92 Å². The Kier molecular flexibility index (Phi) is 5.04. The summed E-state index contributed by atoms with van der Waals surface area (Å²) in [5, 5.41) is 14.5. The van der Waals surface area contributed by atoms with Gasteiger partial charge in [-0.1, -0.05) is 23.2 Å². The number of hydrogen-bond acceptors (Lipinski definition) is 3. The number of rotatable bonds is 2. The molecule has 1 heterocycles. The van der Waals surface area contributed by atoms with Crippen LogP contribution in [0.3, 0.4) is 0 Å². The molecule has 0 radical (unpaired) electrons. The number of halogens is 2. The monoisotopic (exact) mass is 340 g/mol. The average Bonchev–Trinajstić information content (AvgIpc) is 2.52. The molecule has 0 spiro atoms. The summed E-state index contributed by atoms with van der Waals surface area (Å²) in [6.45, 7) is 1.65. The summed E-state index contributed by atoms with van der Waals surface area (Å²) in [5.41, 5.74) is 0.889. The molecule has 0 amide bonds. The van der Waals surface area contributed by atoms with E-state index in [9.17, 15) is 9.90 Å². The zero-order valence-electron chi connectivity index (χ0n) is 10.1. The van der Waals surface area contributed by atoms with E-state index < -0.39 is 0 Å². The van der Waals surface area contributed by atoms with Crippen molar-refractivity contribution < 1.29 is 27.0 Å². The Labute approximate surface area is 130 Å². The van der Waals surface area contributed by atoms with Crippen LogP contribution in [0.4, 0.5) is 0 Å². The Morgan fingerprint density at radius 1 is 1.37 bits per heavy atom. The third-order valence-corrected chi connectivity index (χ3v) is 3.14. The van der Waals surface area contributed by atoms with Gasteiger partial charge in [-0.15, -0.1) is 0 Å². The maximum Gasteiger partial charge on any atom is 0.220 e. The van der Waals surface area contributed by atoms with Crippen LogP contribution in [0.15, 0.2) is 18.2 Å². The summed E-state index contributed by atoms with van der Waals surface area (Å²) in [6.07, 6.45) is 0. The number of aryl methyl sites for hydroxylation is 2. The molecular weight excluding hydrogens is 331 g/mol. The van der Waals surface area contributed by atoms with E-state index in [1.54, 1.807) is 20.0 Å². The molecule has 7 heteroatoms. The third-order valence-electron chi connectivity index (χ3n) is 2.59. The van der Waals surface area contributed by atoms with Gasteiger partial charge >= 0.3 is 0 Å². The van der Waals surface area contributed by atoms with Gasteiger partial charge < -0.3 is 5.11 Å². The van der Waals surface area contributed by atoms with Crippen LogP contribution >= 0.6 is 23.2 Å². The fourth-order valence-corrected chi connectivity index (χ4v) is 2.21.